The zero-order valence-corrected chi connectivity index (χ0v) is 48.1. The normalized spacial score (nSPS) is 13.0. The van der Waals surface area contributed by atoms with Gasteiger partial charge < -0.3 is 14.2 Å². The maximum Gasteiger partial charge on any atom is 0.306 e. The van der Waals surface area contributed by atoms with Gasteiger partial charge in [0.2, 0.25) is 0 Å². The monoisotopic (exact) mass is 1020 g/mol. The lowest BCUT2D eigenvalue weighted by Crippen LogP contribution is -2.30. The van der Waals surface area contributed by atoms with Crippen LogP contribution in [-0.4, -0.2) is 37.2 Å². The molecular weight excluding hydrogens is 913 g/mol. The minimum Gasteiger partial charge on any atom is -0.462 e. The van der Waals surface area contributed by atoms with E-state index in [9.17, 15) is 14.4 Å². The number of allylic oxidation sites excluding steroid dienone is 20. The number of hydrogen-bond donors (Lipinski definition) is 0. The van der Waals surface area contributed by atoms with Crippen molar-refractivity contribution in [1.82, 2.24) is 0 Å². The van der Waals surface area contributed by atoms with Crippen molar-refractivity contribution in [3.8, 4) is 0 Å². The molecule has 74 heavy (non-hydrogen) atoms. The maximum atomic E-state index is 12.8. The summed E-state index contributed by atoms with van der Waals surface area (Å²) >= 11 is 0. The van der Waals surface area contributed by atoms with Crippen molar-refractivity contribution in [3.05, 3.63) is 122 Å². The van der Waals surface area contributed by atoms with Crippen LogP contribution in [0, 0.1) is 0 Å². The zero-order chi connectivity index (χ0) is 53.6. The number of esters is 3. The van der Waals surface area contributed by atoms with E-state index in [1.54, 1.807) is 0 Å². The molecule has 0 aromatic carbocycles. The van der Waals surface area contributed by atoms with Gasteiger partial charge in [0.05, 0.1) is 0 Å². The number of carbonyl (C=O) groups is 3. The molecule has 0 aromatic rings. The Morgan fingerprint density at radius 2 is 0.527 bits per heavy atom. The predicted molar refractivity (Wildman–Crippen MR) is 320 cm³/mol. The van der Waals surface area contributed by atoms with Crippen LogP contribution in [0.25, 0.3) is 0 Å². The first kappa shape index (κ1) is 69.8. The number of unbranched alkanes of at least 4 members (excludes halogenated alkanes) is 23. The Balaban J connectivity index is 4.25. The third-order valence-electron chi connectivity index (χ3n) is 12.7. The molecule has 1 unspecified atom stereocenters. The molecular formula is C68H112O6. The molecule has 1 atom stereocenters. The molecule has 0 aliphatic carbocycles. The maximum absolute atomic E-state index is 12.8. The fraction of sp³-hybridized carbons (Fsp3) is 0.662. The Hall–Kier alpha value is -4.19. The lowest BCUT2D eigenvalue weighted by atomic mass is 10.0. The van der Waals surface area contributed by atoms with E-state index in [4.69, 9.17) is 14.2 Å². The molecule has 0 fully saturated rings. The molecule has 0 radical (unpaired) electrons. The standard InChI is InChI=1S/C68H112O6/c1-4-7-10-13-16-19-22-25-26-27-28-29-30-31-32-33-34-35-36-37-38-39-40-41-42-44-46-49-52-55-58-61-67(70)73-64-65(63-72-66(69)60-57-54-51-48-45-24-21-18-15-12-9-6-3)74-68(71)62-59-56-53-50-47-43-23-20-17-14-11-8-5-2/h7-8,10-11,16-17,19-20,25-26,28-29,31-32,34-35,37-38,43,47,65H,4-6,9,12-15,18,21-24,27,30,33,36,39-42,44-46,48-64H2,1-3H3/b10-7-,11-8-,19-16-,20-17-,26-25-,29-28-,32-31-,35-34-,38-37-,47-43-. The molecule has 6 nitrogen and oxygen atoms in total. The van der Waals surface area contributed by atoms with Gasteiger partial charge in [-0.05, 0) is 109 Å². The molecule has 0 aliphatic rings. The zero-order valence-electron chi connectivity index (χ0n) is 48.1. The van der Waals surface area contributed by atoms with Crippen LogP contribution >= 0.6 is 0 Å². The van der Waals surface area contributed by atoms with Gasteiger partial charge in [0.15, 0.2) is 6.10 Å². The Bertz CT molecular complexity index is 1550. The van der Waals surface area contributed by atoms with Gasteiger partial charge in [0, 0.05) is 19.3 Å². The fourth-order valence-electron chi connectivity index (χ4n) is 8.20. The van der Waals surface area contributed by atoms with E-state index in [1.165, 1.54) is 96.3 Å². The van der Waals surface area contributed by atoms with Crippen LogP contribution in [0.15, 0.2) is 122 Å². The van der Waals surface area contributed by atoms with Crippen molar-refractivity contribution >= 4 is 17.9 Å². The predicted octanol–water partition coefficient (Wildman–Crippen LogP) is 20.8. The van der Waals surface area contributed by atoms with Crippen LogP contribution in [0.5, 0.6) is 0 Å². The third kappa shape index (κ3) is 58.7. The van der Waals surface area contributed by atoms with Gasteiger partial charge in [-0.15, -0.1) is 0 Å². The highest BCUT2D eigenvalue weighted by atomic mass is 16.6. The quantitative estimate of drug-likeness (QED) is 0.0261. The summed E-state index contributed by atoms with van der Waals surface area (Å²) in [6.45, 7) is 6.38. The largest absolute Gasteiger partial charge is 0.462 e. The van der Waals surface area contributed by atoms with Crippen molar-refractivity contribution in [2.75, 3.05) is 13.2 Å². The van der Waals surface area contributed by atoms with Crippen LogP contribution in [0.3, 0.4) is 0 Å². The number of hydrogen-bond acceptors (Lipinski definition) is 6. The Morgan fingerprint density at radius 3 is 0.838 bits per heavy atom. The molecule has 420 valence electrons. The molecule has 0 amide bonds. The molecule has 0 saturated heterocycles. The van der Waals surface area contributed by atoms with Gasteiger partial charge in [-0.3, -0.25) is 14.4 Å². The van der Waals surface area contributed by atoms with Crippen molar-refractivity contribution in [2.24, 2.45) is 0 Å². The fourth-order valence-corrected chi connectivity index (χ4v) is 8.20. The molecule has 0 saturated carbocycles. The first-order valence-electron chi connectivity index (χ1n) is 30.5. The van der Waals surface area contributed by atoms with Crippen molar-refractivity contribution in [2.45, 2.75) is 277 Å². The topological polar surface area (TPSA) is 78.9 Å². The van der Waals surface area contributed by atoms with Crippen LogP contribution in [0.1, 0.15) is 271 Å². The number of carbonyl (C=O) groups excluding carboxylic acids is 3. The van der Waals surface area contributed by atoms with Gasteiger partial charge in [-0.25, -0.2) is 0 Å². The highest BCUT2D eigenvalue weighted by molar-refractivity contribution is 5.71. The summed E-state index contributed by atoms with van der Waals surface area (Å²) in [6, 6.07) is 0. The summed E-state index contributed by atoms with van der Waals surface area (Å²) in [7, 11) is 0. The molecule has 0 spiro atoms. The van der Waals surface area contributed by atoms with Crippen molar-refractivity contribution in [3.63, 3.8) is 0 Å². The average molecular weight is 1030 g/mol. The highest BCUT2D eigenvalue weighted by Gasteiger charge is 2.19. The van der Waals surface area contributed by atoms with Gasteiger partial charge in [-0.2, -0.15) is 0 Å². The van der Waals surface area contributed by atoms with Gasteiger partial charge in [-0.1, -0.05) is 264 Å². The minimum atomic E-state index is -0.796. The molecule has 0 heterocycles. The van der Waals surface area contributed by atoms with E-state index in [0.29, 0.717) is 19.3 Å². The molecule has 0 aromatic heterocycles. The molecule has 0 aliphatic heterocycles. The van der Waals surface area contributed by atoms with Crippen LogP contribution in [0.4, 0.5) is 0 Å². The Labute approximate surface area is 456 Å². The van der Waals surface area contributed by atoms with E-state index in [0.717, 1.165) is 135 Å². The van der Waals surface area contributed by atoms with Crippen molar-refractivity contribution in [1.29, 1.82) is 0 Å². The molecule has 6 heteroatoms. The smallest absolute Gasteiger partial charge is 0.306 e. The SMILES string of the molecule is CC/C=C\C/C=C\C/C=C\C/C=C\C/C=C\C/C=C\C/C=C\CCCCCCCCCCCC(=O)OCC(COC(=O)CCCCCCCCCCCCCC)OC(=O)CCCCC/C=C\C/C=C\C/C=C\CC. The van der Waals surface area contributed by atoms with Crippen LogP contribution < -0.4 is 0 Å². The second-order valence-corrected chi connectivity index (χ2v) is 19.9. The lowest BCUT2D eigenvalue weighted by Gasteiger charge is -2.18. The highest BCUT2D eigenvalue weighted by Crippen LogP contribution is 2.15. The van der Waals surface area contributed by atoms with E-state index < -0.39 is 6.10 Å². The first-order chi connectivity index (χ1) is 36.5. The molecule has 0 rings (SSSR count). The minimum absolute atomic E-state index is 0.0913. The van der Waals surface area contributed by atoms with E-state index in [2.05, 4.69) is 142 Å². The summed E-state index contributed by atoms with van der Waals surface area (Å²) < 4.78 is 16.8. The second-order valence-electron chi connectivity index (χ2n) is 19.9. The molecule has 0 N–H and O–H groups in total. The van der Waals surface area contributed by atoms with Crippen molar-refractivity contribution < 1.29 is 28.6 Å². The summed E-state index contributed by atoms with van der Waals surface area (Å²) in [6.07, 6.45) is 84.9. The average Bonchev–Trinajstić information content (AvgIpc) is 3.40. The number of ether oxygens (including phenoxy) is 3. The van der Waals surface area contributed by atoms with Gasteiger partial charge >= 0.3 is 17.9 Å². The lowest BCUT2D eigenvalue weighted by molar-refractivity contribution is -0.167. The second kappa shape index (κ2) is 61.4. The van der Waals surface area contributed by atoms with E-state index in [1.807, 2.05) is 0 Å². The summed E-state index contributed by atoms with van der Waals surface area (Å²) in [5.74, 6) is -0.926. The van der Waals surface area contributed by atoms with Gasteiger partial charge in [0.1, 0.15) is 13.2 Å². The Kier molecular flexibility index (Phi) is 57.9. The van der Waals surface area contributed by atoms with Crippen LogP contribution in [0.2, 0.25) is 0 Å². The third-order valence-corrected chi connectivity index (χ3v) is 12.7. The molecule has 0 bridgehead atoms. The van der Waals surface area contributed by atoms with Gasteiger partial charge in [0.25, 0.3) is 0 Å². The van der Waals surface area contributed by atoms with E-state index in [-0.39, 0.29) is 31.1 Å². The van der Waals surface area contributed by atoms with E-state index >= 15 is 0 Å². The summed E-state index contributed by atoms with van der Waals surface area (Å²) in [5.41, 5.74) is 0. The summed E-state index contributed by atoms with van der Waals surface area (Å²) in [4.78, 5) is 38.1. The first-order valence-corrected chi connectivity index (χ1v) is 30.5. The summed E-state index contributed by atoms with van der Waals surface area (Å²) in [5, 5.41) is 0. The van der Waals surface area contributed by atoms with Crippen LogP contribution in [-0.2, 0) is 28.6 Å². The number of rotatable bonds is 54. The Morgan fingerprint density at radius 1 is 0.284 bits per heavy atom.